The number of carboxylic acids is 1. The van der Waals surface area contributed by atoms with Gasteiger partial charge in [0, 0.05) is 107 Å². The number of aliphatic hydroxyl groups is 1. The fourth-order valence-electron chi connectivity index (χ4n) is 14.1. The first kappa shape index (κ1) is 90.4. The van der Waals surface area contributed by atoms with E-state index < -0.39 is 119 Å². The molecule has 6 aliphatic heterocycles. The number of hydrogen-bond donors (Lipinski definition) is 8. The molecule has 2 spiro atoms. The third-order valence-electron chi connectivity index (χ3n) is 19.4. The number of ether oxygens (including phenoxy) is 2. The summed E-state index contributed by atoms with van der Waals surface area (Å²) in [6.45, 7) is 6.80. The summed E-state index contributed by atoms with van der Waals surface area (Å²) in [5.74, 6) is -9.72. The number of halogens is 8. The number of aliphatic hydroxyl groups excluding tert-OH is 1. The molecule has 8 aliphatic rings. The molecular formula is C77H91BF8N10NaO12. The molecule has 3 radical (unpaired) electrons. The van der Waals surface area contributed by atoms with Crippen LogP contribution in [0.15, 0.2) is 114 Å². The van der Waals surface area contributed by atoms with Gasteiger partial charge in [-0.2, -0.15) is 0 Å². The van der Waals surface area contributed by atoms with Gasteiger partial charge in [-0.15, -0.1) is 0 Å². The van der Waals surface area contributed by atoms with Crippen LogP contribution in [-0.2, 0) is 52.7 Å². The van der Waals surface area contributed by atoms with Gasteiger partial charge in [0.25, 0.3) is 11.8 Å². The summed E-state index contributed by atoms with van der Waals surface area (Å²) in [7, 11) is 3.98. The number of benzene rings is 6. The van der Waals surface area contributed by atoms with E-state index in [2.05, 4.69) is 50.7 Å². The summed E-state index contributed by atoms with van der Waals surface area (Å²) in [6.07, 6.45) is 6.70. The number of nitrogens with zero attached hydrogens (tertiary/aromatic N) is 4. The fourth-order valence-corrected chi connectivity index (χ4v) is 14.1. The number of rotatable bonds is 10. The number of urea groups is 2. The van der Waals surface area contributed by atoms with Gasteiger partial charge >= 0.3 is 59.8 Å². The number of aliphatic carboxylic acids is 1. The molecule has 6 aromatic rings. The molecule has 32 heteroatoms. The fraction of sp³-hybridized carbons (Fsp3) is 0.416. The van der Waals surface area contributed by atoms with E-state index in [0.29, 0.717) is 82.3 Å². The molecule has 6 heterocycles. The van der Waals surface area contributed by atoms with Gasteiger partial charge in [0.1, 0.15) is 13.1 Å². The molecule has 3 unspecified atom stereocenters. The van der Waals surface area contributed by atoms with Gasteiger partial charge in [-0.05, 0) is 198 Å². The molecule has 9 amide bonds. The van der Waals surface area contributed by atoms with Gasteiger partial charge in [0.15, 0.2) is 46.5 Å². The van der Waals surface area contributed by atoms with Crippen molar-refractivity contribution in [2.45, 2.75) is 173 Å². The van der Waals surface area contributed by atoms with Crippen LogP contribution in [0.2, 0.25) is 0 Å². The predicted octanol–water partition coefficient (Wildman–Crippen LogP) is 10.3. The summed E-state index contributed by atoms with van der Waals surface area (Å²) in [4.78, 5) is 105. The summed E-state index contributed by atoms with van der Waals surface area (Å²) >= 11 is 0. The molecule has 5 fully saturated rings. The number of likely N-dealkylation sites (tertiary alicyclic amines) is 1. The normalized spacial score (nSPS) is 22.7. The minimum Gasteiger partial charge on any atom is -1.00 e. The van der Waals surface area contributed by atoms with E-state index in [9.17, 15) is 73.5 Å². The van der Waals surface area contributed by atoms with E-state index in [0.717, 1.165) is 96.7 Å². The molecule has 5 saturated heterocycles. The van der Waals surface area contributed by atoms with Crippen molar-refractivity contribution >= 4 is 73.4 Å². The van der Waals surface area contributed by atoms with E-state index in [1.165, 1.54) is 55.4 Å². The van der Waals surface area contributed by atoms with Crippen LogP contribution in [0.5, 0.6) is 0 Å². The summed E-state index contributed by atoms with van der Waals surface area (Å²) < 4.78 is 115. The maximum absolute atomic E-state index is 13.9. The monoisotopic (exact) mass is 1530 g/mol. The molecule has 14 rings (SSSR count). The third kappa shape index (κ3) is 20.8. The minimum absolute atomic E-state index is 0. The van der Waals surface area contributed by atoms with E-state index in [4.69, 9.17) is 19.7 Å². The Bertz CT molecular complexity index is 4280. The van der Waals surface area contributed by atoms with E-state index in [1.54, 1.807) is 54.6 Å². The second-order valence-corrected chi connectivity index (χ2v) is 26.5. The predicted molar refractivity (Wildman–Crippen MR) is 390 cm³/mol. The molecule has 22 nitrogen and oxygen atoms in total. The molecular weight excluding hydrogens is 1440 g/mol. The van der Waals surface area contributed by atoms with E-state index in [1.807, 2.05) is 13.8 Å². The third-order valence-corrected chi connectivity index (χ3v) is 19.4. The second-order valence-electron chi connectivity index (χ2n) is 26.5. The number of carbonyl (C=O) groups is 8. The van der Waals surface area contributed by atoms with Crippen LogP contribution < -0.4 is 61.5 Å². The van der Waals surface area contributed by atoms with Gasteiger partial charge in [-0.1, -0.05) is 51.3 Å². The van der Waals surface area contributed by atoms with Crippen LogP contribution in [0.1, 0.15) is 171 Å². The summed E-state index contributed by atoms with van der Waals surface area (Å²) in [6, 6.07) is 25.7. The Kier molecular flexibility index (Phi) is 32.7. The van der Waals surface area contributed by atoms with Crippen molar-refractivity contribution in [2.75, 3.05) is 44.9 Å². The molecule has 0 bridgehead atoms. The first-order chi connectivity index (χ1) is 50.0. The zero-order valence-electron chi connectivity index (χ0n) is 61.2. The van der Waals surface area contributed by atoms with Crippen LogP contribution >= 0.6 is 0 Å². The second kappa shape index (κ2) is 39.4. The molecule has 6 aromatic carbocycles. The van der Waals surface area contributed by atoms with Crippen LogP contribution in [0.4, 0.5) is 65.7 Å². The number of amides is 9. The zero-order valence-corrected chi connectivity index (χ0v) is 62.2. The Labute approximate surface area is 653 Å². The Hall–Kier alpha value is -9.27. The van der Waals surface area contributed by atoms with Crippen molar-refractivity contribution in [3.63, 3.8) is 0 Å². The van der Waals surface area contributed by atoms with Gasteiger partial charge in [0.2, 0.25) is 17.1 Å². The number of anilines is 2. The van der Waals surface area contributed by atoms with Gasteiger partial charge < -0.3 is 57.9 Å². The largest absolute Gasteiger partial charge is 1.00 e. The average molecular weight is 1530 g/mol. The number of nitrogens with one attached hydrogen (secondary N) is 6. The first-order valence-corrected chi connectivity index (χ1v) is 34.2. The summed E-state index contributed by atoms with van der Waals surface area (Å²) in [5, 5.41) is 32.7. The van der Waals surface area contributed by atoms with Crippen LogP contribution in [0.3, 0.4) is 0 Å². The zero-order chi connectivity index (χ0) is 76.4. The molecule has 2 aliphatic carbocycles. The molecule has 0 aromatic heterocycles. The Balaban J connectivity index is 0.000000303. The number of carboxylic acid groups (broad SMARTS) is 1. The van der Waals surface area contributed by atoms with E-state index in [-0.39, 0.29) is 91.2 Å². The van der Waals surface area contributed by atoms with Crippen LogP contribution in [-0.4, -0.2) is 145 Å². The smallest absolute Gasteiger partial charge is 1.00 e. The number of fused-ring (bicyclic) bond motifs is 4. The van der Waals surface area contributed by atoms with Crippen molar-refractivity contribution in [3.05, 3.63) is 200 Å². The van der Waals surface area contributed by atoms with Crippen molar-refractivity contribution in [2.24, 2.45) is 4.99 Å². The Morgan fingerprint density at radius 1 is 0.532 bits per heavy atom. The number of aliphatic imine (C=N–C) groups is 1. The molecule has 0 saturated carbocycles. The first-order valence-electron chi connectivity index (χ1n) is 34.2. The average Bonchev–Trinajstić information content (AvgIpc) is 1.58. The van der Waals surface area contributed by atoms with Crippen LogP contribution in [0.25, 0.3) is 0 Å². The van der Waals surface area contributed by atoms with Crippen molar-refractivity contribution in [1.29, 1.82) is 0 Å². The van der Waals surface area contributed by atoms with Gasteiger partial charge in [-0.25, -0.2) is 64.1 Å². The maximum atomic E-state index is 13.9. The Morgan fingerprint density at radius 3 is 1.33 bits per heavy atom. The molecule has 581 valence electrons. The number of imide groups is 2. The van der Waals surface area contributed by atoms with Crippen molar-refractivity contribution < 1.29 is 124 Å². The molecule has 109 heavy (non-hydrogen) atoms. The Morgan fingerprint density at radius 2 is 0.945 bits per heavy atom. The standard InChI is InChI=1S/C26H26F2N4O5.C15H15N3O6.2C11H13F2N.C11H11F2N.CH4O.2CH4.B.Na.H/c1-14-3-8-21(16-4-7-19(27)20(28)12-16)32(14)22(33)13-31-23(34)26(37-25(31)36)10-9-15-11-17(5-6-18(15)26)30-24(35)29-2;1-16-13(22)17-9-2-3-10-8(6-9)4-5-15(10)12(21)18(7-11(19)20)14(23)24-15;3*1-7-2-5-11(14-7)8-3-4-9(12)10(13)6-8;1-2;;;;;/h4-7,11-12,14,21H,3,8-10,13H2,1-2H3,(H2,29,30,35);2-3,6H,4-5,7H2,1H3,(H,19,20)(H2,16,17,22);2*3-4,6-7,11,14H,2,5H2,1H3;3-4,6-7H,2,5H2,1H3;2H,1H3;2*1H4;;;/q;;;;;;;;;+1;-1/t14-,21?,26+;15-;2*7-,11?;7-;;;;;;/m01000....../s1. The van der Waals surface area contributed by atoms with Crippen molar-refractivity contribution in [1.82, 2.24) is 36.0 Å². The van der Waals surface area contributed by atoms with Gasteiger partial charge in [0.05, 0.1) is 6.04 Å². The topological polar surface area (TPSA) is 290 Å². The molecule has 9 atom stereocenters. The molecule has 8 N–H and O–H groups in total. The van der Waals surface area contributed by atoms with E-state index >= 15 is 0 Å². The summed E-state index contributed by atoms with van der Waals surface area (Å²) in [5.41, 5.74) is 4.39. The van der Waals surface area contributed by atoms with Crippen molar-refractivity contribution in [3.8, 4) is 0 Å². The SMILES string of the molecule is C.C.CNC(=O)Nc1ccc2c(c1)CC[C@@]21OC(=O)N(CC(=O)N2C(c3ccc(F)c(F)c3)CC[C@@H]2C)C1=O.CNC(=O)Nc1ccc2c(c1)CC[C@@]21OC(=O)N(CC(=O)O)C1=O.CO.C[C@H]1CCC(c2ccc(F)c(F)c2)=N1.C[C@H]1CCC(c2ccc(F)c(F)c2)N1.C[C@H]1CCC(c2ccc(F)c(F)c2)N1.[B].[H-].[Na+]. The number of hydrogen-bond acceptors (Lipinski definition) is 14. The minimum atomic E-state index is -1.52. The maximum Gasteiger partial charge on any atom is 1.00 e. The van der Waals surface area contributed by atoms with Gasteiger partial charge in [-0.3, -0.25) is 24.2 Å². The quantitative estimate of drug-likeness (QED) is 0.0468. The number of carbonyl (C=O) groups excluding carboxylic acids is 7. The number of aryl methyl sites for hydroxylation is 2. The van der Waals surface area contributed by atoms with Crippen LogP contribution in [0, 0.1) is 46.5 Å².